The second-order valence-corrected chi connectivity index (χ2v) is 5.88. The van der Waals surface area contributed by atoms with Crippen LogP contribution in [0.1, 0.15) is 32.8 Å². The Labute approximate surface area is 119 Å². The highest BCUT2D eigenvalue weighted by atomic mass is 32.2. The number of thioether (sulfide) groups is 1. The minimum atomic E-state index is 0.0936. The van der Waals surface area contributed by atoms with Crippen molar-refractivity contribution in [3.8, 4) is 5.75 Å². The first-order valence-electron chi connectivity index (χ1n) is 6.46. The van der Waals surface area contributed by atoms with E-state index in [1.54, 1.807) is 11.8 Å². The van der Waals surface area contributed by atoms with E-state index in [0.717, 1.165) is 17.1 Å². The molecule has 0 saturated heterocycles. The standard InChI is InChI=1S/C14H22N2O2S/c1-4-19-12-7-5-6-11(13(12)14(15)16-17)18-9-8-10(2)3/h5-7,10,17H,4,8-9H2,1-3H3,(H2,15,16). The molecule has 0 bridgehead atoms. The van der Waals surface area contributed by atoms with Gasteiger partial charge in [0.2, 0.25) is 0 Å². The van der Waals surface area contributed by atoms with Crippen LogP contribution in [0.3, 0.4) is 0 Å². The number of nitrogens with two attached hydrogens (primary N) is 1. The van der Waals surface area contributed by atoms with E-state index in [0.29, 0.717) is 23.8 Å². The second-order valence-electron chi connectivity index (χ2n) is 4.58. The van der Waals surface area contributed by atoms with Gasteiger partial charge in [0.15, 0.2) is 5.84 Å². The van der Waals surface area contributed by atoms with Crippen molar-refractivity contribution in [1.82, 2.24) is 0 Å². The lowest BCUT2D eigenvalue weighted by molar-refractivity contribution is 0.287. The smallest absolute Gasteiger partial charge is 0.174 e. The van der Waals surface area contributed by atoms with Gasteiger partial charge in [0.1, 0.15) is 5.75 Å². The number of rotatable bonds is 7. The lowest BCUT2D eigenvalue weighted by Gasteiger charge is -2.14. The normalized spacial score (nSPS) is 11.9. The van der Waals surface area contributed by atoms with Crippen LogP contribution < -0.4 is 10.5 Å². The summed E-state index contributed by atoms with van der Waals surface area (Å²) in [7, 11) is 0. The quantitative estimate of drug-likeness (QED) is 0.265. The Morgan fingerprint density at radius 2 is 2.21 bits per heavy atom. The Hall–Kier alpha value is -1.36. The summed E-state index contributed by atoms with van der Waals surface area (Å²) in [6.07, 6.45) is 0.973. The van der Waals surface area contributed by atoms with Crippen molar-refractivity contribution in [3.05, 3.63) is 23.8 Å². The van der Waals surface area contributed by atoms with E-state index in [9.17, 15) is 0 Å². The highest BCUT2D eigenvalue weighted by Crippen LogP contribution is 2.30. The first kappa shape index (κ1) is 15.7. The molecule has 4 nitrogen and oxygen atoms in total. The van der Waals surface area contributed by atoms with Gasteiger partial charge in [0, 0.05) is 4.90 Å². The van der Waals surface area contributed by atoms with Crippen LogP contribution in [0.5, 0.6) is 5.75 Å². The highest BCUT2D eigenvalue weighted by Gasteiger charge is 2.14. The number of amidine groups is 1. The fraction of sp³-hybridized carbons (Fsp3) is 0.500. The molecule has 0 aliphatic heterocycles. The molecule has 0 atom stereocenters. The Balaban J connectivity index is 2.98. The van der Waals surface area contributed by atoms with Crippen molar-refractivity contribution in [2.24, 2.45) is 16.8 Å². The van der Waals surface area contributed by atoms with Gasteiger partial charge in [-0.1, -0.05) is 32.0 Å². The van der Waals surface area contributed by atoms with E-state index >= 15 is 0 Å². The number of nitrogens with zero attached hydrogens (tertiary/aromatic N) is 1. The van der Waals surface area contributed by atoms with Crippen molar-refractivity contribution in [1.29, 1.82) is 0 Å². The minimum Gasteiger partial charge on any atom is -0.493 e. The van der Waals surface area contributed by atoms with Crippen LogP contribution in [-0.4, -0.2) is 23.4 Å². The molecule has 0 radical (unpaired) electrons. The number of oxime groups is 1. The molecule has 0 aliphatic rings. The molecule has 0 unspecified atom stereocenters. The largest absolute Gasteiger partial charge is 0.493 e. The highest BCUT2D eigenvalue weighted by molar-refractivity contribution is 7.99. The molecule has 106 valence electrons. The summed E-state index contributed by atoms with van der Waals surface area (Å²) in [6.45, 7) is 6.99. The summed E-state index contributed by atoms with van der Waals surface area (Å²) in [5, 5.41) is 12.0. The molecule has 5 heteroatoms. The number of hydrogen-bond acceptors (Lipinski definition) is 4. The van der Waals surface area contributed by atoms with Gasteiger partial charge in [-0.2, -0.15) is 0 Å². The molecular weight excluding hydrogens is 260 g/mol. The van der Waals surface area contributed by atoms with Crippen molar-refractivity contribution in [3.63, 3.8) is 0 Å². The second kappa shape index (κ2) is 7.94. The third-order valence-corrected chi connectivity index (χ3v) is 3.54. The first-order valence-corrected chi connectivity index (χ1v) is 7.45. The molecule has 1 aromatic rings. The van der Waals surface area contributed by atoms with Crippen LogP contribution in [0.4, 0.5) is 0 Å². The topological polar surface area (TPSA) is 67.8 Å². The molecule has 0 spiro atoms. The van der Waals surface area contributed by atoms with Crippen LogP contribution in [0.2, 0.25) is 0 Å². The molecule has 0 amide bonds. The molecule has 3 N–H and O–H groups in total. The van der Waals surface area contributed by atoms with Crippen LogP contribution in [-0.2, 0) is 0 Å². The lowest BCUT2D eigenvalue weighted by atomic mass is 10.1. The van der Waals surface area contributed by atoms with E-state index in [1.807, 2.05) is 18.2 Å². The molecule has 0 aromatic heterocycles. The summed E-state index contributed by atoms with van der Waals surface area (Å²) in [4.78, 5) is 0.972. The number of hydrogen-bond donors (Lipinski definition) is 2. The van der Waals surface area contributed by atoms with Gasteiger partial charge in [0.25, 0.3) is 0 Å². The van der Waals surface area contributed by atoms with Gasteiger partial charge in [-0.05, 0) is 30.2 Å². The maximum Gasteiger partial charge on any atom is 0.174 e. The summed E-state index contributed by atoms with van der Waals surface area (Å²) >= 11 is 1.65. The summed E-state index contributed by atoms with van der Waals surface area (Å²) in [5.74, 6) is 2.27. The number of benzene rings is 1. The predicted octanol–water partition coefficient (Wildman–Crippen LogP) is 3.32. The van der Waals surface area contributed by atoms with E-state index in [1.165, 1.54) is 0 Å². The molecule has 0 saturated carbocycles. The Kier molecular flexibility index (Phi) is 6.56. The van der Waals surface area contributed by atoms with Crippen molar-refractivity contribution >= 4 is 17.6 Å². The van der Waals surface area contributed by atoms with Gasteiger partial charge >= 0.3 is 0 Å². The minimum absolute atomic E-state index is 0.0936. The van der Waals surface area contributed by atoms with Crippen LogP contribution >= 0.6 is 11.8 Å². The first-order chi connectivity index (χ1) is 9.10. The Bertz CT molecular complexity index is 433. The zero-order valence-electron chi connectivity index (χ0n) is 11.7. The van der Waals surface area contributed by atoms with Gasteiger partial charge < -0.3 is 15.7 Å². The zero-order chi connectivity index (χ0) is 14.3. The average molecular weight is 282 g/mol. The van der Waals surface area contributed by atoms with Gasteiger partial charge in [-0.15, -0.1) is 11.8 Å². The Morgan fingerprint density at radius 1 is 1.47 bits per heavy atom. The molecule has 1 aromatic carbocycles. The fourth-order valence-corrected chi connectivity index (χ4v) is 2.45. The Morgan fingerprint density at radius 3 is 2.79 bits per heavy atom. The monoisotopic (exact) mass is 282 g/mol. The third-order valence-electron chi connectivity index (χ3n) is 2.60. The third kappa shape index (κ3) is 4.67. The van der Waals surface area contributed by atoms with E-state index in [-0.39, 0.29) is 5.84 Å². The average Bonchev–Trinajstić information content (AvgIpc) is 2.38. The molecule has 1 rings (SSSR count). The van der Waals surface area contributed by atoms with E-state index < -0.39 is 0 Å². The SMILES string of the molecule is CCSc1cccc(OCCC(C)C)c1/C(N)=N/O. The van der Waals surface area contributed by atoms with Crippen molar-refractivity contribution in [2.45, 2.75) is 32.1 Å². The van der Waals surface area contributed by atoms with E-state index in [2.05, 4.69) is 25.9 Å². The molecular formula is C14H22N2O2S. The van der Waals surface area contributed by atoms with Crippen molar-refractivity contribution in [2.75, 3.05) is 12.4 Å². The molecule has 0 fully saturated rings. The van der Waals surface area contributed by atoms with Crippen LogP contribution in [0.25, 0.3) is 0 Å². The maximum atomic E-state index is 8.92. The summed E-state index contributed by atoms with van der Waals surface area (Å²) < 4.78 is 5.77. The molecule has 19 heavy (non-hydrogen) atoms. The predicted molar refractivity (Wildman–Crippen MR) is 80.3 cm³/mol. The van der Waals surface area contributed by atoms with Gasteiger partial charge in [-0.3, -0.25) is 0 Å². The number of ether oxygens (including phenoxy) is 1. The zero-order valence-corrected chi connectivity index (χ0v) is 12.5. The summed E-state index contributed by atoms with van der Waals surface area (Å²) in [6, 6.07) is 5.74. The van der Waals surface area contributed by atoms with Crippen LogP contribution in [0.15, 0.2) is 28.3 Å². The fourth-order valence-electron chi connectivity index (χ4n) is 1.61. The molecule has 0 aliphatic carbocycles. The van der Waals surface area contributed by atoms with Crippen molar-refractivity contribution < 1.29 is 9.94 Å². The molecule has 0 heterocycles. The van der Waals surface area contributed by atoms with Gasteiger partial charge in [-0.25, -0.2) is 0 Å². The van der Waals surface area contributed by atoms with Crippen LogP contribution in [0, 0.1) is 5.92 Å². The lowest BCUT2D eigenvalue weighted by Crippen LogP contribution is -2.16. The van der Waals surface area contributed by atoms with E-state index in [4.69, 9.17) is 15.7 Å². The summed E-state index contributed by atoms with van der Waals surface area (Å²) in [5.41, 5.74) is 6.45. The van der Waals surface area contributed by atoms with Gasteiger partial charge in [0.05, 0.1) is 12.2 Å². The maximum absolute atomic E-state index is 8.92.